The highest BCUT2D eigenvalue weighted by molar-refractivity contribution is 7.90. The number of anilines is 1. The van der Waals surface area contributed by atoms with Gasteiger partial charge in [-0.15, -0.1) is 0 Å². The van der Waals surface area contributed by atoms with Crippen LogP contribution < -0.4 is 14.8 Å². The number of para-hydroxylation sites is 1. The van der Waals surface area contributed by atoms with E-state index in [2.05, 4.69) is 15.0 Å². The fourth-order valence-corrected chi connectivity index (χ4v) is 4.17. The number of nitrogens with one attached hydrogen (secondary N) is 2. The molecule has 160 valence electrons. The molecule has 31 heavy (non-hydrogen) atoms. The van der Waals surface area contributed by atoms with Crippen molar-refractivity contribution in [3.63, 3.8) is 0 Å². The predicted molar refractivity (Wildman–Crippen MR) is 109 cm³/mol. The van der Waals surface area contributed by atoms with Gasteiger partial charge in [-0.1, -0.05) is 35.9 Å². The van der Waals surface area contributed by atoms with Crippen LogP contribution in [0.1, 0.15) is 5.56 Å². The summed E-state index contributed by atoms with van der Waals surface area (Å²) in [5.41, 5.74) is 0.118. The van der Waals surface area contributed by atoms with E-state index in [1.54, 1.807) is 18.2 Å². The van der Waals surface area contributed by atoms with Crippen LogP contribution in [-0.2, 0) is 16.6 Å². The third-order valence-corrected chi connectivity index (χ3v) is 5.94. The number of sulfonamides is 1. The van der Waals surface area contributed by atoms with E-state index in [9.17, 15) is 21.6 Å². The molecule has 3 aromatic carbocycles. The van der Waals surface area contributed by atoms with E-state index in [1.807, 2.05) is 0 Å². The molecule has 1 heterocycles. The van der Waals surface area contributed by atoms with E-state index >= 15 is 0 Å². The molecule has 4 rings (SSSR count). The van der Waals surface area contributed by atoms with Gasteiger partial charge in [0.05, 0.1) is 11.6 Å². The van der Waals surface area contributed by atoms with E-state index in [-0.39, 0.29) is 29.0 Å². The van der Waals surface area contributed by atoms with Crippen molar-refractivity contribution in [2.24, 2.45) is 4.99 Å². The summed E-state index contributed by atoms with van der Waals surface area (Å²) >= 11 is 6.02. The average Bonchev–Trinajstić information content (AvgIpc) is 2.72. The van der Waals surface area contributed by atoms with Crippen LogP contribution in [-0.4, -0.2) is 14.4 Å². The van der Waals surface area contributed by atoms with Gasteiger partial charge >= 0.3 is 0 Å². The third-order valence-electron chi connectivity index (χ3n) is 4.26. The molecule has 1 aliphatic heterocycles. The van der Waals surface area contributed by atoms with Crippen LogP contribution in [0.5, 0.6) is 11.5 Å². The molecule has 0 aromatic heterocycles. The number of halogens is 4. The van der Waals surface area contributed by atoms with Gasteiger partial charge in [-0.2, -0.15) is 4.39 Å². The maximum Gasteiger partial charge on any atom is 0.266 e. The van der Waals surface area contributed by atoms with Crippen LogP contribution in [0.2, 0.25) is 5.02 Å². The second kappa shape index (κ2) is 8.12. The molecule has 0 aliphatic carbocycles. The molecule has 1 aliphatic rings. The number of hydrogen-bond acceptors (Lipinski definition) is 4. The summed E-state index contributed by atoms with van der Waals surface area (Å²) in [5, 5.41) is 2.71. The van der Waals surface area contributed by atoms with Crippen LogP contribution >= 0.6 is 11.6 Å². The minimum absolute atomic E-state index is 0.00755. The van der Waals surface area contributed by atoms with Gasteiger partial charge in [0.2, 0.25) is 11.8 Å². The molecule has 0 amide bonds. The zero-order valence-corrected chi connectivity index (χ0v) is 17.1. The largest absolute Gasteiger partial charge is 0.450 e. The topological polar surface area (TPSA) is 79.8 Å². The molecular formula is C20H13ClF3N3O3S. The summed E-state index contributed by atoms with van der Waals surface area (Å²) in [6.45, 7) is -0.0810. The molecule has 0 fully saturated rings. The molecule has 0 saturated heterocycles. The molecule has 0 saturated carbocycles. The normalized spacial score (nSPS) is 15.7. The molecule has 0 unspecified atom stereocenters. The van der Waals surface area contributed by atoms with E-state index in [0.717, 1.165) is 0 Å². The van der Waals surface area contributed by atoms with Crippen molar-refractivity contribution >= 4 is 33.3 Å². The number of fused-ring (bicyclic) bond motifs is 1. The molecular weight excluding hydrogens is 455 g/mol. The number of nitrogens with zero attached hydrogens (tertiary/aromatic N) is 1. The molecule has 0 bridgehead atoms. The van der Waals surface area contributed by atoms with Gasteiger partial charge in [0.15, 0.2) is 11.6 Å². The smallest absolute Gasteiger partial charge is 0.266 e. The highest BCUT2D eigenvalue weighted by Crippen LogP contribution is 2.41. The zero-order chi connectivity index (χ0) is 22.2. The Morgan fingerprint density at radius 3 is 2.55 bits per heavy atom. The van der Waals surface area contributed by atoms with Crippen molar-refractivity contribution in [2.45, 2.75) is 11.4 Å². The van der Waals surface area contributed by atoms with Crippen molar-refractivity contribution in [3.8, 4) is 11.5 Å². The number of ether oxygens (including phenoxy) is 1. The first-order valence-corrected chi connectivity index (χ1v) is 10.6. The lowest BCUT2D eigenvalue weighted by atomic mass is 10.2. The van der Waals surface area contributed by atoms with Gasteiger partial charge in [0, 0.05) is 0 Å². The maximum absolute atomic E-state index is 14.6. The summed E-state index contributed by atoms with van der Waals surface area (Å²) in [7, 11) is -4.30. The standard InChI is InChI=1S/C20H13ClF3N3O3S/c21-13-6-1-2-7-15(13)30-19-17(24)14(23)9-16-18(19)26-20(27-31(16,28)29)25-10-11-4-3-5-12(22)8-11/h1-9H,10H2,(H2,25,26,27). The monoisotopic (exact) mass is 467 g/mol. The quantitative estimate of drug-likeness (QED) is 0.577. The summed E-state index contributed by atoms with van der Waals surface area (Å²) in [5.74, 6) is -4.29. The lowest BCUT2D eigenvalue weighted by molar-refractivity contribution is 0.415. The summed E-state index contributed by atoms with van der Waals surface area (Å²) in [6, 6.07) is 12.1. The second-order valence-electron chi connectivity index (χ2n) is 6.43. The number of benzene rings is 3. The van der Waals surface area contributed by atoms with Gasteiger partial charge in [0.1, 0.15) is 22.1 Å². The number of rotatable bonds is 4. The van der Waals surface area contributed by atoms with Crippen LogP contribution in [0.25, 0.3) is 0 Å². The van der Waals surface area contributed by atoms with Crippen molar-refractivity contribution in [2.75, 3.05) is 5.32 Å². The minimum atomic E-state index is -4.30. The Labute approximate surface area is 180 Å². The van der Waals surface area contributed by atoms with Crippen molar-refractivity contribution < 1.29 is 26.3 Å². The third kappa shape index (κ3) is 4.30. The van der Waals surface area contributed by atoms with Gasteiger partial charge < -0.3 is 10.1 Å². The molecule has 0 spiro atoms. The minimum Gasteiger partial charge on any atom is -0.450 e. The predicted octanol–water partition coefficient (Wildman–Crippen LogP) is 4.81. The Bertz CT molecular complexity index is 1320. The lowest BCUT2D eigenvalue weighted by Crippen LogP contribution is -2.41. The first kappa shape index (κ1) is 21.0. The first-order valence-electron chi connectivity index (χ1n) is 8.78. The van der Waals surface area contributed by atoms with Crippen molar-refractivity contribution in [1.29, 1.82) is 0 Å². The van der Waals surface area contributed by atoms with Gasteiger partial charge in [-0.25, -0.2) is 26.9 Å². The highest BCUT2D eigenvalue weighted by atomic mass is 35.5. The van der Waals surface area contributed by atoms with E-state index in [4.69, 9.17) is 16.3 Å². The Morgan fingerprint density at radius 2 is 1.81 bits per heavy atom. The lowest BCUT2D eigenvalue weighted by Gasteiger charge is -2.24. The van der Waals surface area contributed by atoms with Crippen molar-refractivity contribution in [3.05, 3.63) is 82.6 Å². The fourth-order valence-electron chi connectivity index (χ4n) is 2.85. The highest BCUT2D eigenvalue weighted by Gasteiger charge is 2.33. The fraction of sp³-hybridized carbons (Fsp3) is 0.0500. The second-order valence-corrected chi connectivity index (χ2v) is 8.49. The van der Waals surface area contributed by atoms with Crippen LogP contribution in [0.15, 0.2) is 64.5 Å². The van der Waals surface area contributed by atoms with Crippen LogP contribution in [0.3, 0.4) is 0 Å². The number of hydrogen-bond donors (Lipinski definition) is 2. The Balaban J connectivity index is 1.77. The Morgan fingerprint density at radius 1 is 1.03 bits per heavy atom. The molecule has 3 aromatic rings. The summed E-state index contributed by atoms with van der Waals surface area (Å²) in [6.07, 6.45) is 0. The van der Waals surface area contributed by atoms with Gasteiger partial charge in [-0.3, -0.25) is 0 Å². The van der Waals surface area contributed by atoms with Crippen molar-refractivity contribution in [1.82, 2.24) is 4.72 Å². The van der Waals surface area contributed by atoms with E-state index in [1.165, 1.54) is 30.3 Å². The van der Waals surface area contributed by atoms with Crippen LogP contribution in [0, 0.1) is 17.5 Å². The molecule has 11 heteroatoms. The Kier molecular flexibility index (Phi) is 5.50. The summed E-state index contributed by atoms with van der Waals surface area (Å²) < 4.78 is 74.9. The molecule has 0 radical (unpaired) electrons. The first-order chi connectivity index (χ1) is 14.7. The van der Waals surface area contributed by atoms with Crippen LogP contribution in [0.4, 0.5) is 18.9 Å². The van der Waals surface area contributed by atoms with E-state index < -0.39 is 38.1 Å². The zero-order valence-electron chi connectivity index (χ0n) is 15.5. The Hall–Kier alpha value is -3.24. The average molecular weight is 468 g/mol. The maximum atomic E-state index is 14.6. The van der Waals surface area contributed by atoms with Gasteiger partial charge in [-0.05, 0) is 35.9 Å². The molecule has 2 N–H and O–H groups in total. The molecule has 0 atom stereocenters. The SMILES string of the molecule is O=S1(=O)NC(=NCc2cccc(F)c2)Nc2c1cc(F)c(F)c2Oc1ccccc1Cl. The number of aliphatic imine (C=N–C) groups is 1. The number of guanidine groups is 1. The van der Waals surface area contributed by atoms with E-state index in [0.29, 0.717) is 11.6 Å². The summed E-state index contributed by atoms with van der Waals surface area (Å²) in [4.78, 5) is 3.49. The molecule has 6 nitrogen and oxygen atoms in total. The van der Waals surface area contributed by atoms with Gasteiger partial charge in [0.25, 0.3) is 10.0 Å².